The molecule has 0 amide bonds. The van der Waals surface area contributed by atoms with Crippen LogP contribution in [0.25, 0.3) is 0 Å². The van der Waals surface area contributed by atoms with E-state index in [-0.39, 0.29) is 0 Å². The Morgan fingerprint density at radius 2 is 2.24 bits per heavy atom. The molecule has 2 aromatic rings. The average Bonchev–Trinajstić information content (AvgIpc) is 3.19. The Labute approximate surface area is 135 Å². The molecule has 1 aromatic heterocycles. The summed E-state index contributed by atoms with van der Waals surface area (Å²) in [6.07, 6.45) is 2.59. The minimum absolute atomic E-state index is 0.698. The van der Waals surface area contributed by atoms with Crippen molar-refractivity contribution >= 4 is 28.6 Å². The van der Waals surface area contributed by atoms with E-state index >= 15 is 0 Å². The molecule has 0 unspecified atom stereocenters. The maximum Gasteiger partial charge on any atom is 0.0898 e. The molecule has 0 bridgehead atoms. The Morgan fingerprint density at radius 3 is 2.90 bits per heavy atom. The van der Waals surface area contributed by atoms with E-state index in [1.54, 1.807) is 11.3 Å². The second-order valence-corrected chi connectivity index (χ2v) is 7.09. The van der Waals surface area contributed by atoms with E-state index < -0.39 is 0 Å². The molecule has 0 spiro atoms. The fourth-order valence-corrected chi connectivity index (χ4v) is 3.42. The van der Waals surface area contributed by atoms with Crippen molar-refractivity contribution in [2.45, 2.75) is 38.9 Å². The molecule has 1 heterocycles. The van der Waals surface area contributed by atoms with Crippen LogP contribution in [0.1, 0.15) is 29.1 Å². The average molecular weight is 322 g/mol. The van der Waals surface area contributed by atoms with Crippen molar-refractivity contribution < 1.29 is 0 Å². The van der Waals surface area contributed by atoms with Crippen LogP contribution in [0.4, 0.5) is 5.69 Å². The van der Waals surface area contributed by atoms with Gasteiger partial charge in [-0.3, -0.25) is 0 Å². The van der Waals surface area contributed by atoms with E-state index in [1.807, 2.05) is 19.1 Å². The summed E-state index contributed by atoms with van der Waals surface area (Å²) in [4.78, 5) is 6.73. The van der Waals surface area contributed by atoms with E-state index in [9.17, 15) is 0 Å². The van der Waals surface area contributed by atoms with Crippen molar-refractivity contribution in [2.24, 2.45) is 0 Å². The normalized spacial score (nSPS) is 14.4. The van der Waals surface area contributed by atoms with Crippen LogP contribution >= 0.6 is 22.9 Å². The molecule has 0 atom stereocenters. The quantitative estimate of drug-likeness (QED) is 0.872. The van der Waals surface area contributed by atoms with Crippen LogP contribution in [-0.2, 0) is 13.1 Å². The van der Waals surface area contributed by atoms with Crippen molar-refractivity contribution in [1.29, 1.82) is 0 Å². The number of halogens is 1. The largest absolute Gasteiger partial charge is 0.367 e. The van der Waals surface area contributed by atoms with Gasteiger partial charge in [-0.05, 0) is 31.4 Å². The molecule has 1 N–H and O–H groups in total. The highest BCUT2D eigenvalue weighted by atomic mass is 35.5. The van der Waals surface area contributed by atoms with Crippen LogP contribution in [0.2, 0.25) is 5.02 Å². The van der Waals surface area contributed by atoms with Crippen LogP contribution in [0, 0.1) is 6.92 Å². The van der Waals surface area contributed by atoms with Gasteiger partial charge in [-0.25, -0.2) is 4.98 Å². The van der Waals surface area contributed by atoms with Gasteiger partial charge in [-0.1, -0.05) is 23.7 Å². The topological polar surface area (TPSA) is 28.2 Å². The Morgan fingerprint density at radius 1 is 1.43 bits per heavy atom. The smallest absolute Gasteiger partial charge is 0.0898 e. The molecule has 1 aliphatic carbocycles. The van der Waals surface area contributed by atoms with Crippen molar-refractivity contribution in [3.63, 3.8) is 0 Å². The van der Waals surface area contributed by atoms with E-state index in [2.05, 4.69) is 33.7 Å². The third-order valence-electron chi connectivity index (χ3n) is 3.68. The Kier molecular flexibility index (Phi) is 4.48. The highest BCUT2D eigenvalue weighted by molar-refractivity contribution is 7.09. The summed E-state index contributed by atoms with van der Waals surface area (Å²) in [5.74, 6) is 0. The van der Waals surface area contributed by atoms with Crippen LogP contribution in [0.3, 0.4) is 0 Å². The summed E-state index contributed by atoms with van der Waals surface area (Å²) >= 11 is 8.13. The lowest BCUT2D eigenvalue weighted by molar-refractivity contribution is 0.685. The first kappa shape index (κ1) is 14.8. The third-order valence-corrected chi connectivity index (χ3v) is 4.80. The van der Waals surface area contributed by atoms with Crippen molar-refractivity contribution in [3.05, 3.63) is 44.9 Å². The maximum atomic E-state index is 6.44. The molecule has 3 nitrogen and oxygen atoms in total. The van der Waals surface area contributed by atoms with Gasteiger partial charge in [0.25, 0.3) is 0 Å². The predicted octanol–water partition coefficient (Wildman–Crippen LogP) is 3.99. The van der Waals surface area contributed by atoms with Crippen molar-refractivity contribution in [1.82, 2.24) is 10.3 Å². The lowest BCUT2D eigenvalue weighted by Crippen LogP contribution is -2.22. The summed E-state index contributed by atoms with van der Waals surface area (Å²) in [7, 11) is 2.08. The number of para-hydroxylation sites is 1. The molecular formula is C16H20ClN3S. The molecule has 3 rings (SSSR count). The molecule has 1 aromatic carbocycles. The zero-order chi connectivity index (χ0) is 14.8. The number of anilines is 1. The van der Waals surface area contributed by atoms with E-state index in [0.29, 0.717) is 6.04 Å². The summed E-state index contributed by atoms with van der Waals surface area (Å²) in [5, 5.41) is 7.59. The van der Waals surface area contributed by atoms with Crippen LogP contribution < -0.4 is 10.2 Å². The SMILES string of the molecule is Cc1nc(CN(C)c2c(Cl)cccc2CNC2CC2)cs1. The Balaban J connectivity index is 1.77. The van der Waals surface area contributed by atoms with Gasteiger partial charge in [0.2, 0.25) is 0 Å². The lowest BCUT2D eigenvalue weighted by Gasteiger charge is -2.23. The molecular weight excluding hydrogens is 302 g/mol. The first-order chi connectivity index (χ1) is 10.1. The van der Waals surface area contributed by atoms with E-state index in [4.69, 9.17) is 11.6 Å². The van der Waals surface area contributed by atoms with E-state index in [1.165, 1.54) is 18.4 Å². The van der Waals surface area contributed by atoms with Crippen molar-refractivity contribution in [3.8, 4) is 0 Å². The first-order valence-corrected chi connectivity index (χ1v) is 8.52. The highest BCUT2D eigenvalue weighted by Gasteiger charge is 2.21. The second-order valence-electron chi connectivity index (χ2n) is 5.62. The molecule has 1 fully saturated rings. The standard InChI is InChI=1S/C16H20ClN3S/c1-11-19-14(10-21-11)9-20(2)16-12(4-3-5-15(16)17)8-18-13-6-7-13/h3-5,10,13,18H,6-9H2,1-2H3. The van der Waals surface area contributed by atoms with Gasteiger partial charge in [0, 0.05) is 25.0 Å². The number of rotatable bonds is 6. The van der Waals surface area contributed by atoms with E-state index in [0.717, 1.165) is 34.5 Å². The molecule has 1 aliphatic rings. The second kappa shape index (κ2) is 6.34. The molecule has 1 saturated carbocycles. The number of nitrogens with zero attached hydrogens (tertiary/aromatic N) is 2. The minimum Gasteiger partial charge on any atom is -0.367 e. The molecule has 0 saturated heterocycles. The minimum atomic E-state index is 0.698. The maximum absolute atomic E-state index is 6.44. The number of nitrogens with one attached hydrogen (secondary N) is 1. The van der Waals surface area contributed by atoms with Crippen molar-refractivity contribution in [2.75, 3.05) is 11.9 Å². The molecule has 21 heavy (non-hydrogen) atoms. The van der Waals surface area contributed by atoms with Gasteiger partial charge in [-0.15, -0.1) is 11.3 Å². The number of aryl methyl sites for hydroxylation is 1. The van der Waals surface area contributed by atoms with Gasteiger partial charge in [0.15, 0.2) is 0 Å². The van der Waals surface area contributed by atoms with Gasteiger partial charge < -0.3 is 10.2 Å². The number of hydrogen-bond acceptors (Lipinski definition) is 4. The predicted molar refractivity (Wildman–Crippen MR) is 90.3 cm³/mol. The molecule has 5 heteroatoms. The van der Waals surface area contributed by atoms with Gasteiger partial charge >= 0.3 is 0 Å². The molecule has 0 radical (unpaired) electrons. The zero-order valence-electron chi connectivity index (χ0n) is 12.4. The summed E-state index contributed by atoms with van der Waals surface area (Å²) in [5.41, 5.74) is 3.46. The van der Waals surface area contributed by atoms with Crippen LogP contribution in [-0.4, -0.2) is 18.1 Å². The summed E-state index contributed by atoms with van der Waals surface area (Å²) < 4.78 is 0. The monoisotopic (exact) mass is 321 g/mol. The summed E-state index contributed by atoms with van der Waals surface area (Å²) in [6, 6.07) is 6.83. The van der Waals surface area contributed by atoms with Crippen LogP contribution in [0.15, 0.2) is 23.6 Å². The molecule has 0 aliphatic heterocycles. The number of thiazole rings is 1. The van der Waals surface area contributed by atoms with Crippen LogP contribution in [0.5, 0.6) is 0 Å². The number of benzene rings is 1. The van der Waals surface area contributed by atoms with Gasteiger partial charge in [0.1, 0.15) is 0 Å². The zero-order valence-corrected chi connectivity index (χ0v) is 14.0. The number of aromatic nitrogens is 1. The first-order valence-electron chi connectivity index (χ1n) is 7.26. The fraction of sp³-hybridized carbons (Fsp3) is 0.438. The Hall–Kier alpha value is -1.10. The third kappa shape index (κ3) is 3.76. The lowest BCUT2D eigenvalue weighted by atomic mass is 10.1. The summed E-state index contributed by atoms with van der Waals surface area (Å²) in [6.45, 7) is 3.69. The molecule has 112 valence electrons. The highest BCUT2D eigenvalue weighted by Crippen LogP contribution is 2.31. The van der Waals surface area contributed by atoms with Gasteiger partial charge in [-0.2, -0.15) is 0 Å². The Bertz CT molecular complexity index is 622. The van der Waals surface area contributed by atoms with Gasteiger partial charge in [0.05, 0.1) is 28.0 Å². The number of hydrogen-bond donors (Lipinski definition) is 1. The fourth-order valence-electron chi connectivity index (χ4n) is 2.47.